The van der Waals surface area contributed by atoms with Crippen molar-refractivity contribution in [1.82, 2.24) is 4.90 Å². The van der Waals surface area contributed by atoms with E-state index in [1.165, 1.54) is 0 Å². The summed E-state index contributed by atoms with van der Waals surface area (Å²) in [6.07, 6.45) is 3.56. The summed E-state index contributed by atoms with van der Waals surface area (Å²) in [5.41, 5.74) is 6.80. The van der Waals surface area contributed by atoms with Crippen LogP contribution in [0.15, 0.2) is 30.3 Å². The highest BCUT2D eigenvalue weighted by molar-refractivity contribution is 5.70. The SMILES string of the molecule is NC12CCC(CC1)N2C(=O)OCc1ccccc1. The van der Waals surface area contributed by atoms with Crippen LogP contribution in [0, 0.1) is 0 Å². The van der Waals surface area contributed by atoms with Gasteiger partial charge < -0.3 is 10.5 Å². The Morgan fingerprint density at radius 3 is 2.56 bits per heavy atom. The molecule has 0 unspecified atom stereocenters. The molecule has 1 aromatic rings. The van der Waals surface area contributed by atoms with Crippen LogP contribution in [0.3, 0.4) is 0 Å². The summed E-state index contributed by atoms with van der Waals surface area (Å²) in [6.45, 7) is 0.318. The van der Waals surface area contributed by atoms with E-state index in [2.05, 4.69) is 0 Å². The summed E-state index contributed by atoms with van der Waals surface area (Å²) < 4.78 is 5.37. The second kappa shape index (κ2) is 4.28. The molecule has 18 heavy (non-hydrogen) atoms. The number of benzene rings is 1. The van der Waals surface area contributed by atoms with Crippen molar-refractivity contribution in [2.24, 2.45) is 5.73 Å². The predicted octanol–water partition coefficient (Wildman–Crippen LogP) is 2.24. The summed E-state index contributed by atoms with van der Waals surface area (Å²) in [6, 6.07) is 10.0. The number of nitrogens with two attached hydrogens (primary N) is 1. The fourth-order valence-corrected chi connectivity index (χ4v) is 3.08. The lowest BCUT2D eigenvalue weighted by Gasteiger charge is -2.29. The quantitative estimate of drug-likeness (QED) is 0.870. The number of rotatable bonds is 2. The molecular weight excluding hydrogens is 228 g/mol. The molecule has 2 saturated heterocycles. The van der Waals surface area contributed by atoms with Crippen molar-refractivity contribution < 1.29 is 9.53 Å². The van der Waals surface area contributed by atoms with Crippen molar-refractivity contribution in [1.29, 1.82) is 0 Å². The first kappa shape index (κ1) is 11.5. The van der Waals surface area contributed by atoms with Gasteiger partial charge in [0.05, 0.1) is 5.66 Å². The van der Waals surface area contributed by atoms with E-state index >= 15 is 0 Å². The van der Waals surface area contributed by atoms with Gasteiger partial charge in [0.25, 0.3) is 0 Å². The Morgan fingerprint density at radius 1 is 1.33 bits per heavy atom. The van der Waals surface area contributed by atoms with Crippen LogP contribution in [0.1, 0.15) is 31.2 Å². The van der Waals surface area contributed by atoms with E-state index in [4.69, 9.17) is 10.5 Å². The van der Waals surface area contributed by atoms with Crippen LogP contribution in [-0.2, 0) is 11.3 Å². The molecule has 4 heteroatoms. The topological polar surface area (TPSA) is 55.6 Å². The minimum atomic E-state index is -0.446. The molecule has 96 valence electrons. The molecule has 0 radical (unpaired) electrons. The highest BCUT2D eigenvalue weighted by Gasteiger charge is 2.52. The van der Waals surface area contributed by atoms with E-state index in [-0.39, 0.29) is 6.09 Å². The standard InChI is InChI=1S/C14H18N2O2/c15-14-8-6-12(7-9-14)16(14)13(17)18-10-11-4-2-1-3-5-11/h1-5,12H,6-10,15H2. The zero-order valence-corrected chi connectivity index (χ0v) is 10.3. The molecule has 0 saturated carbocycles. The molecule has 0 spiro atoms. The molecule has 2 N–H and O–H groups in total. The zero-order chi connectivity index (χ0) is 12.6. The fraction of sp³-hybridized carbons (Fsp3) is 0.500. The van der Waals surface area contributed by atoms with Crippen LogP contribution in [0.25, 0.3) is 0 Å². The van der Waals surface area contributed by atoms with Crippen LogP contribution in [0.5, 0.6) is 0 Å². The van der Waals surface area contributed by atoms with Crippen LogP contribution < -0.4 is 5.73 Å². The van der Waals surface area contributed by atoms with Crippen LogP contribution in [0.2, 0.25) is 0 Å². The third-order valence-corrected chi connectivity index (χ3v) is 4.07. The van der Waals surface area contributed by atoms with Crippen molar-refractivity contribution >= 4 is 6.09 Å². The Labute approximate surface area is 107 Å². The molecule has 0 aliphatic carbocycles. The van der Waals surface area contributed by atoms with Gasteiger partial charge in [-0.25, -0.2) is 4.79 Å². The minimum absolute atomic E-state index is 0.263. The first-order valence-corrected chi connectivity index (χ1v) is 6.48. The lowest BCUT2D eigenvalue weighted by molar-refractivity contribution is 0.0702. The summed E-state index contributed by atoms with van der Waals surface area (Å²) in [5.74, 6) is 0. The summed E-state index contributed by atoms with van der Waals surface area (Å²) in [4.78, 5) is 13.9. The minimum Gasteiger partial charge on any atom is -0.444 e. The highest BCUT2D eigenvalue weighted by Crippen LogP contribution is 2.43. The van der Waals surface area contributed by atoms with E-state index in [1.807, 2.05) is 30.3 Å². The maximum Gasteiger partial charge on any atom is 0.411 e. The van der Waals surface area contributed by atoms with Gasteiger partial charge in [-0.05, 0) is 31.2 Å². The Bertz CT molecular complexity index is 438. The van der Waals surface area contributed by atoms with E-state index in [1.54, 1.807) is 4.90 Å². The van der Waals surface area contributed by atoms with Gasteiger partial charge in [-0.15, -0.1) is 0 Å². The average molecular weight is 246 g/mol. The van der Waals surface area contributed by atoms with Crippen molar-refractivity contribution in [2.75, 3.05) is 0 Å². The van der Waals surface area contributed by atoms with Crippen LogP contribution in [0.4, 0.5) is 4.79 Å². The molecular formula is C14H18N2O2. The lowest BCUT2D eigenvalue weighted by atomic mass is 9.96. The van der Waals surface area contributed by atoms with Gasteiger partial charge in [0.15, 0.2) is 0 Å². The molecule has 1 amide bonds. The molecule has 0 atom stereocenters. The number of ether oxygens (including phenoxy) is 1. The number of fused-ring (bicyclic) bond motifs is 2. The maximum absolute atomic E-state index is 12.1. The second-order valence-electron chi connectivity index (χ2n) is 5.24. The summed E-state index contributed by atoms with van der Waals surface area (Å²) >= 11 is 0. The summed E-state index contributed by atoms with van der Waals surface area (Å²) in [5, 5.41) is 0. The molecule has 2 bridgehead atoms. The number of amides is 1. The molecule has 2 fully saturated rings. The normalized spacial score (nSPS) is 29.6. The number of carbonyl (C=O) groups is 1. The number of nitrogens with zero attached hydrogens (tertiary/aromatic N) is 1. The van der Waals surface area contributed by atoms with Gasteiger partial charge in [0.2, 0.25) is 0 Å². The average Bonchev–Trinajstić information content (AvgIpc) is 2.90. The molecule has 2 heterocycles. The van der Waals surface area contributed by atoms with Gasteiger partial charge in [-0.2, -0.15) is 0 Å². The third kappa shape index (κ3) is 1.86. The summed E-state index contributed by atoms with van der Waals surface area (Å²) in [7, 11) is 0. The largest absolute Gasteiger partial charge is 0.444 e. The Kier molecular flexibility index (Phi) is 2.74. The number of hydrogen-bond acceptors (Lipinski definition) is 3. The second-order valence-corrected chi connectivity index (χ2v) is 5.24. The maximum atomic E-state index is 12.1. The molecule has 4 nitrogen and oxygen atoms in total. The Hall–Kier alpha value is -1.55. The van der Waals surface area contributed by atoms with Crippen molar-refractivity contribution in [3.8, 4) is 0 Å². The van der Waals surface area contributed by atoms with Gasteiger partial charge in [-0.1, -0.05) is 30.3 Å². The van der Waals surface area contributed by atoms with Gasteiger partial charge >= 0.3 is 6.09 Å². The number of carbonyl (C=O) groups excluding carboxylic acids is 1. The molecule has 1 aromatic carbocycles. The van der Waals surface area contributed by atoms with Gasteiger partial charge in [0.1, 0.15) is 6.61 Å². The third-order valence-electron chi connectivity index (χ3n) is 4.07. The van der Waals surface area contributed by atoms with E-state index in [0.29, 0.717) is 12.6 Å². The zero-order valence-electron chi connectivity index (χ0n) is 10.3. The molecule has 3 rings (SSSR count). The van der Waals surface area contributed by atoms with E-state index in [0.717, 1.165) is 31.2 Å². The fourth-order valence-electron chi connectivity index (χ4n) is 3.08. The van der Waals surface area contributed by atoms with Crippen LogP contribution in [-0.4, -0.2) is 22.7 Å². The Balaban J connectivity index is 1.63. The first-order valence-electron chi connectivity index (χ1n) is 6.48. The van der Waals surface area contributed by atoms with E-state index in [9.17, 15) is 4.79 Å². The van der Waals surface area contributed by atoms with Crippen LogP contribution >= 0.6 is 0 Å². The van der Waals surface area contributed by atoms with E-state index < -0.39 is 5.66 Å². The lowest BCUT2D eigenvalue weighted by Crippen LogP contribution is -2.51. The van der Waals surface area contributed by atoms with Crippen molar-refractivity contribution in [2.45, 2.75) is 44.0 Å². The van der Waals surface area contributed by atoms with Gasteiger partial charge in [-0.3, -0.25) is 4.90 Å². The predicted molar refractivity (Wildman–Crippen MR) is 67.6 cm³/mol. The van der Waals surface area contributed by atoms with Crippen molar-refractivity contribution in [3.05, 3.63) is 35.9 Å². The van der Waals surface area contributed by atoms with Gasteiger partial charge in [0, 0.05) is 6.04 Å². The molecule has 2 aliphatic rings. The van der Waals surface area contributed by atoms with Crippen molar-refractivity contribution in [3.63, 3.8) is 0 Å². The number of hydrogen-bond donors (Lipinski definition) is 1. The monoisotopic (exact) mass is 246 g/mol. The molecule has 2 aliphatic heterocycles. The Morgan fingerprint density at radius 2 is 2.00 bits per heavy atom. The first-order chi connectivity index (χ1) is 8.69. The highest BCUT2D eigenvalue weighted by atomic mass is 16.6. The molecule has 0 aromatic heterocycles. The smallest absolute Gasteiger partial charge is 0.411 e.